The Hall–Kier alpha value is -1.48. The van der Waals surface area contributed by atoms with Crippen molar-refractivity contribution in [3.8, 4) is 0 Å². The first-order chi connectivity index (χ1) is 8.47. The van der Waals surface area contributed by atoms with E-state index in [4.69, 9.17) is 5.11 Å². The summed E-state index contributed by atoms with van der Waals surface area (Å²) in [5.74, 6) is -1.20. The molecule has 0 aliphatic carbocycles. The summed E-state index contributed by atoms with van der Waals surface area (Å²) in [7, 11) is -2.44. The number of aromatic carboxylic acids is 1. The van der Waals surface area contributed by atoms with Gasteiger partial charge in [0.15, 0.2) is 0 Å². The number of methoxy groups -OCH3 is 1. The van der Waals surface area contributed by atoms with Gasteiger partial charge in [-0.3, -0.25) is 4.84 Å². The molecule has 8 heteroatoms. The zero-order valence-electron chi connectivity index (χ0n) is 9.62. The maximum Gasteiger partial charge on any atom is 0.335 e. The molecule has 0 heterocycles. The molecule has 0 fully saturated rings. The lowest BCUT2D eigenvalue weighted by Gasteiger charge is -2.07. The first kappa shape index (κ1) is 14.6. The van der Waals surface area contributed by atoms with Gasteiger partial charge in [0.05, 0.1) is 23.7 Å². The highest BCUT2D eigenvalue weighted by Gasteiger charge is 2.16. The minimum Gasteiger partial charge on any atom is -0.478 e. The lowest BCUT2D eigenvalue weighted by molar-refractivity contribution is 0.0438. The monoisotopic (exact) mass is 275 g/mol. The lowest BCUT2D eigenvalue weighted by atomic mass is 10.2. The molecule has 1 aromatic carbocycles. The average molecular weight is 275 g/mol. The fourth-order valence-corrected chi connectivity index (χ4v) is 1.96. The van der Waals surface area contributed by atoms with E-state index in [2.05, 4.69) is 9.57 Å². The van der Waals surface area contributed by atoms with E-state index in [1.807, 2.05) is 4.89 Å². The minimum atomic E-state index is -3.89. The second-order valence-corrected chi connectivity index (χ2v) is 4.91. The Balaban J connectivity index is 2.78. The molecule has 0 bridgehead atoms. The number of benzene rings is 1. The van der Waals surface area contributed by atoms with Crippen molar-refractivity contribution < 1.29 is 27.9 Å². The van der Waals surface area contributed by atoms with Crippen molar-refractivity contribution in [1.29, 1.82) is 0 Å². The largest absolute Gasteiger partial charge is 0.478 e. The van der Waals surface area contributed by atoms with E-state index in [9.17, 15) is 13.2 Å². The molecule has 0 atom stereocenters. The smallest absolute Gasteiger partial charge is 0.335 e. The van der Waals surface area contributed by atoms with Gasteiger partial charge < -0.3 is 9.84 Å². The molecular formula is C10H13NO6S. The average Bonchev–Trinajstić information content (AvgIpc) is 2.35. The number of hydrogen-bond acceptors (Lipinski definition) is 5. The molecule has 0 saturated carbocycles. The normalized spacial score (nSPS) is 11.4. The van der Waals surface area contributed by atoms with Crippen molar-refractivity contribution >= 4 is 16.0 Å². The molecule has 0 saturated heterocycles. The number of hydrogen-bond donors (Lipinski definition) is 2. The second-order valence-electron chi connectivity index (χ2n) is 3.26. The van der Waals surface area contributed by atoms with Crippen LogP contribution < -0.4 is 4.89 Å². The van der Waals surface area contributed by atoms with Gasteiger partial charge in [0.25, 0.3) is 10.0 Å². The van der Waals surface area contributed by atoms with Gasteiger partial charge in [0.2, 0.25) is 0 Å². The van der Waals surface area contributed by atoms with Crippen LogP contribution in [0.1, 0.15) is 10.4 Å². The number of ether oxygens (including phenoxy) is 1. The summed E-state index contributed by atoms with van der Waals surface area (Å²) in [6.45, 7) is 0.284. The van der Waals surface area contributed by atoms with Crippen LogP contribution in [0.4, 0.5) is 0 Å². The van der Waals surface area contributed by atoms with Crippen LogP contribution in [0.5, 0.6) is 0 Å². The van der Waals surface area contributed by atoms with E-state index in [0.717, 1.165) is 6.07 Å². The molecule has 0 aliphatic heterocycles. The van der Waals surface area contributed by atoms with Crippen molar-refractivity contribution in [3.05, 3.63) is 29.8 Å². The SMILES string of the molecule is COCCONS(=O)(=O)c1cccc(C(=O)O)c1. The van der Waals surface area contributed by atoms with Crippen molar-refractivity contribution in [2.45, 2.75) is 4.90 Å². The molecule has 0 aliphatic rings. The molecule has 18 heavy (non-hydrogen) atoms. The number of carboxylic acids is 1. The third-order valence-electron chi connectivity index (χ3n) is 1.95. The van der Waals surface area contributed by atoms with E-state index >= 15 is 0 Å². The summed E-state index contributed by atoms with van der Waals surface area (Å²) in [6.07, 6.45) is 0. The molecule has 0 radical (unpaired) electrons. The van der Waals surface area contributed by atoms with E-state index in [1.54, 1.807) is 0 Å². The summed E-state index contributed by atoms with van der Waals surface area (Å²) in [5, 5.41) is 8.76. The Bertz CT molecular complexity index is 513. The van der Waals surface area contributed by atoms with Crippen LogP contribution in [0.25, 0.3) is 0 Å². The standard InChI is InChI=1S/C10H13NO6S/c1-16-5-6-17-11-18(14,15)9-4-2-3-8(7-9)10(12)13/h2-4,7,11H,5-6H2,1H3,(H,12,13). The quantitative estimate of drug-likeness (QED) is 0.546. The van der Waals surface area contributed by atoms with Crippen LogP contribution in [-0.4, -0.2) is 39.8 Å². The lowest BCUT2D eigenvalue weighted by Crippen LogP contribution is -2.25. The Labute approximate surface area is 104 Å². The predicted molar refractivity (Wildman–Crippen MR) is 61.6 cm³/mol. The Kier molecular flexibility index (Phi) is 5.23. The van der Waals surface area contributed by atoms with Crippen molar-refractivity contribution in [2.75, 3.05) is 20.3 Å². The zero-order chi connectivity index (χ0) is 13.6. The number of sulfonamides is 1. The molecule has 0 amide bonds. The zero-order valence-corrected chi connectivity index (χ0v) is 10.4. The van der Waals surface area contributed by atoms with E-state index in [1.165, 1.54) is 25.3 Å². The van der Waals surface area contributed by atoms with Crippen LogP contribution in [0.2, 0.25) is 0 Å². The molecule has 0 aromatic heterocycles. The van der Waals surface area contributed by atoms with Gasteiger partial charge in [-0.25, -0.2) is 13.2 Å². The predicted octanol–water partition coefficient (Wildman–Crippen LogP) is 0.241. The fourth-order valence-electron chi connectivity index (χ4n) is 1.09. The van der Waals surface area contributed by atoms with E-state index in [-0.39, 0.29) is 23.7 Å². The number of carbonyl (C=O) groups is 1. The summed E-state index contributed by atoms with van der Waals surface area (Å²) >= 11 is 0. The number of nitrogens with one attached hydrogen (secondary N) is 1. The van der Waals surface area contributed by atoms with Crippen LogP contribution in [0, 0.1) is 0 Å². The Morgan fingerprint density at radius 1 is 1.39 bits per heavy atom. The van der Waals surface area contributed by atoms with E-state index < -0.39 is 16.0 Å². The third kappa shape index (κ3) is 4.08. The number of carboxylic acid groups (broad SMARTS) is 1. The molecular weight excluding hydrogens is 262 g/mol. The van der Waals surface area contributed by atoms with Crippen molar-refractivity contribution in [3.63, 3.8) is 0 Å². The molecule has 7 nitrogen and oxygen atoms in total. The van der Waals surface area contributed by atoms with Gasteiger partial charge in [0.1, 0.15) is 0 Å². The molecule has 100 valence electrons. The van der Waals surface area contributed by atoms with E-state index in [0.29, 0.717) is 0 Å². The highest BCUT2D eigenvalue weighted by atomic mass is 32.2. The second kappa shape index (κ2) is 6.45. The van der Waals surface area contributed by atoms with Gasteiger partial charge in [-0.1, -0.05) is 11.0 Å². The van der Waals surface area contributed by atoms with Crippen LogP contribution >= 0.6 is 0 Å². The van der Waals surface area contributed by atoms with Crippen LogP contribution in [-0.2, 0) is 19.6 Å². The minimum absolute atomic E-state index is 0.0500. The molecule has 1 aromatic rings. The first-order valence-corrected chi connectivity index (χ1v) is 6.41. The van der Waals surface area contributed by atoms with Gasteiger partial charge in [-0.2, -0.15) is 0 Å². The molecule has 0 unspecified atom stereocenters. The summed E-state index contributed by atoms with van der Waals surface area (Å²) in [4.78, 5) is 17.1. The Morgan fingerprint density at radius 2 is 2.11 bits per heavy atom. The summed E-state index contributed by atoms with van der Waals surface area (Å²) in [5.41, 5.74) is -0.116. The topological polar surface area (TPSA) is 102 Å². The van der Waals surface area contributed by atoms with Crippen LogP contribution in [0.3, 0.4) is 0 Å². The maximum absolute atomic E-state index is 11.7. The molecule has 0 spiro atoms. The Morgan fingerprint density at radius 3 is 2.72 bits per heavy atom. The van der Waals surface area contributed by atoms with Gasteiger partial charge in [-0.05, 0) is 18.2 Å². The summed E-state index contributed by atoms with van der Waals surface area (Å²) < 4.78 is 28.1. The highest BCUT2D eigenvalue weighted by molar-refractivity contribution is 7.89. The molecule has 2 N–H and O–H groups in total. The van der Waals surface area contributed by atoms with Gasteiger partial charge in [-0.15, -0.1) is 0 Å². The fraction of sp³-hybridized carbons (Fsp3) is 0.300. The summed E-state index contributed by atoms with van der Waals surface area (Å²) in [6, 6.07) is 4.96. The first-order valence-electron chi connectivity index (χ1n) is 4.93. The van der Waals surface area contributed by atoms with Crippen LogP contribution in [0.15, 0.2) is 29.2 Å². The third-order valence-corrected chi connectivity index (χ3v) is 3.16. The molecule has 1 rings (SSSR count). The number of rotatable bonds is 7. The maximum atomic E-state index is 11.7. The van der Waals surface area contributed by atoms with Gasteiger partial charge in [0, 0.05) is 7.11 Å². The van der Waals surface area contributed by atoms with Gasteiger partial charge >= 0.3 is 5.97 Å². The highest BCUT2D eigenvalue weighted by Crippen LogP contribution is 2.11. The van der Waals surface area contributed by atoms with Crippen molar-refractivity contribution in [1.82, 2.24) is 4.89 Å². The van der Waals surface area contributed by atoms with Crippen molar-refractivity contribution in [2.24, 2.45) is 0 Å².